The molecule has 0 aliphatic heterocycles. The van der Waals surface area contributed by atoms with Crippen LogP contribution in [0.2, 0.25) is 0 Å². The van der Waals surface area contributed by atoms with Crippen molar-refractivity contribution in [3.05, 3.63) is 90.3 Å². The van der Waals surface area contributed by atoms with E-state index < -0.39 is 0 Å². The lowest BCUT2D eigenvalue weighted by Crippen LogP contribution is -2.32. The molecule has 1 heterocycles. The van der Waals surface area contributed by atoms with Crippen molar-refractivity contribution in [2.24, 2.45) is 0 Å². The van der Waals surface area contributed by atoms with Gasteiger partial charge in [0, 0.05) is 24.6 Å². The van der Waals surface area contributed by atoms with E-state index in [0.29, 0.717) is 0 Å². The molecule has 0 bridgehead atoms. The first-order chi connectivity index (χ1) is 12.7. The van der Waals surface area contributed by atoms with E-state index in [9.17, 15) is 4.79 Å². The molecule has 1 amide bonds. The Balaban J connectivity index is 1.72. The summed E-state index contributed by atoms with van der Waals surface area (Å²) in [7, 11) is 0. The van der Waals surface area contributed by atoms with Crippen LogP contribution in [-0.4, -0.2) is 5.91 Å². The van der Waals surface area contributed by atoms with Crippen LogP contribution < -0.4 is 9.88 Å². The summed E-state index contributed by atoms with van der Waals surface area (Å²) in [4.78, 5) is 11.3. The summed E-state index contributed by atoms with van der Waals surface area (Å²) in [6, 6.07) is 23.2. The molecule has 0 fully saturated rings. The molecule has 2 aromatic carbocycles. The molecule has 0 radical (unpaired) electrons. The third-order valence-corrected chi connectivity index (χ3v) is 4.53. The normalized spacial score (nSPS) is 11.8. The highest BCUT2D eigenvalue weighted by atomic mass is 16.1. The smallest absolute Gasteiger partial charge is 0.217 e. The van der Waals surface area contributed by atoms with E-state index in [4.69, 9.17) is 0 Å². The van der Waals surface area contributed by atoms with Crippen LogP contribution in [0.4, 0.5) is 0 Å². The van der Waals surface area contributed by atoms with Crippen LogP contribution in [-0.2, 0) is 11.3 Å². The minimum atomic E-state index is 0.00644. The third kappa shape index (κ3) is 4.57. The minimum absolute atomic E-state index is 0.00644. The molecule has 1 aromatic heterocycles. The van der Waals surface area contributed by atoms with Crippen LogP contribution in [0.15, 0.2) is 79.1 Å². The van der Waals surface area contributed by atoms with E-state index in [0.717, 1.165) is 18.5 Å². The lowest BCUT2D eigenvalue weighted by molar-refractivity contribution is -0.688. The minimum Gasteiger partial charge on any atom is -0.350 e. The van der Waals surface area contributed by atoms with Crippen LogP contribution in [0.1, 0.15) is 37.4 Å². The highest BCUT2D eigenvalue weighted by Crippen LogP contribution is 2.22. The highest BCUT2D eigenvalue weighted by molar-refractivity contribution is 5.73. The number of nitrogens with zero attached hydrogens (tertiary/aromatic N) is 1. The fourth-order valence-corrected chi connectivity index (χ4v) is 3.12. The van der Waals surface area contributed by atoms with E-state index in [1.165, 1.54) is 16.7 Å². The molecule has 0 aliphatic carbocycles. The Labute approximate surface area is 155 Å². The number of pyridine rings is 1. The number of aromatic nitrogens is 1. The number of carbonyl (C=O) groups is 1. The summed E-state index contributed by atoms with van der Waals surface area (Å²) in [6.07, 6.45) is 5.11. The maximum absolute atomic E-state index is 11.3. The number of rotatable bonds is 6. The van der Waals surface area contributed by atoms with Gasteiger partial charge in [0.15, 0.2) is 18.9 Å². The Kier molecular flexibility index (Phi) is 5.80. The number of hydrogen-bond donors (Lipinski definition) is 1. The highest BCUT2D eigenvalue weighted by Gasteiger charge is 2.10. The zero-order valence-corrected chi connectivity index (χ0v) is 15.4. The molecule has 132 valence electrons. The van der Waals surface area contributed by atoms with Crippen molar-refractivity contribution in [2.45, 2.75) is 32.9 Å². The number of nitrogens with one attached hydrogen (secondary N) is 1. The van der Waals surface area contributed by atoms with Crippen LogP contribution in [0.25, 0.3) is 11.1 Å². The summed E-state index contributed by atoms with van der Waals surface area (Å²) in [5.41, 5.74) is 4.80. The number of amides is 1. The first-order valence-corrected chi connectivity index (χ1v) is 9.06. The molecule has 3 aromatic rings. The quantitative estimate of drug-likeness (QED) is 0.665. The molecule has 0 saturated carbocycles. The van der Waals surface area contributed by atoms with Gasteiger partial charge in [-0.2, -0.15) is 0 Å². The average molecular weight is 345 g/mol. The van der Waals surface area contributed by atoms with Gasteiger partial charge in [0.05, 0.1) is 6.04 Å². The molecule has 26 heavy (non-hydrogen) atoms. The molecule has 0 saturated heterocycles. The Morgan fingerprint density at radius 2 is 1.54 bits per heavy atom. The predicted molar refractivity (Wildman–Crippen MR) is 104 cm³/mol. The van der Waals surface area contributed by atoms with Gasteiger partial charge in [0.1, 0.15) is 0 Å². The second-order valence-electron chi connectivity index (χ2n) is 6.53. The second-order valence-corrected chi connectivity index (χ2v) is 6.53. The topological polar surface area (TPSA) is 33.0 Å². The van der Waals surface area contributed by atoms with E-state index >= 15 is 0 Å². The predicted octanol–water partition coefficient (Wildman–Crippen LogP) is 4.28. The van der Waals surface area contributed by atoms with Gasteiger partial charge in [-0.25, -0.2) is 4.57 Å². The van der Waals surface area contributed by atoms with Crippen molar-refractivity contribution in [1.29, 1.82) is 0 Å². The Bertz CT molecular complexity index is 840. The van der Waals surface area contributed by atoms with Crippen LogP contribution in [0.5, 0.6) is 0 Å². The summed E-state index contributed by atoms with van der Waals surface area (Å²) in [6.45, 7) is 4.51. The maximum atomic E-state index is 11.3. The summed E-state index contributed by atoms with van der Waals surface area (Å²) in [5.74, 6) is 0.00644. The van der Waals surface area contributed by atoms with Crippen LogP contribution in [0, 0.1) is 0 Å². The SMILES string of the molecule is CCC(NC(C)=O)c1ccc(-c2cc[n+](Cc3ccccc3)cc2)cc1. The van der Waals surface area contributed by atoms with Crippen molar-refractivity contribution in [3.63, 3.8) is 0 Å². The van der Waals surface area contributed by atoms with Crippen molar-refractivity contribution < 1.29 is 9.36 Å². The van der Waals surface area contributed by atoms with Gasteiger partial charge in [0.25, 0.3) is 0 Å². The standard InChI is InChI=1S/C23H24N2O/c1-3-23(24-18(2)26)22-11-9-20(10-12-22)21-13-15-25(16-14-21)17-19-7-5-4-6-8-19/h4-16,23H,3,17H2,1-2H3/p+1. The molecule has 1 N–H and O–H groups in total. The number of benzene rings is 2. The first kappa shape index (κ1) is 17.9. The lowest BCUT2D eigenvalue weighted by Gasteiger charge is -2.16. The Hall–Kier alpha value is -2.94. The summed E-state index contributed by atoms with van der Waals surface area (Å²) >= 11 is 0. The van der Waals surface area contributed by atoms with Gasteiger partial charge in [-0.15, -0.1) is 0 Å². The largest absolute Gasteiger partial charge is 0.350 e. The van der Waals surface area contributed by atoms with E-state index in [1.54, 1.807) is 6.92 Å². The van der Waals surface area contributed by atoms with Crippen LogP contribution in [0.3, 0.4) is 0 Å². The van der Waals surface area contributed by atoms with Crippen molar-refractivity contribution in [1.82, 2.24) is 5.32 Å². The number of carbonyl (C=O) groups excluding carboxylic acids is 1. The van der Waals surface area contributed by atoms with Gasteiger partial charge >= 0.3 is 0 Å². The Morgan fingerprint density at radius 1 is 0.923 bits per heavy atom. The molecular weight excluding hydrogens is 320 g/mol. The van der Waals surface area contributed by atoms with E-state index in [2.05, 4.69) is 89.9 Å². The third-order valence-electron chi connectivity index (χ3n) is 4.53. The maximum Gasteiger partial charge on any atom is 0.217 e. The molecule has 3 heteroatoms. The second kappa shape index (κ2) is 8.43. The zero-order valence-electron chi connectivity index (χ0n) is 15.4. The Morgan fingerprint density at radius 3 is 2.12 bits per heavy atom. The van der Waals surface area contributed by atoms with Gasteiger partial charge in [0.2, 0.25) is 5.91 Å². The number of hydrogen-bond acceptors (Lipinski definition) is 1. The fourth-order valence-electron chi connectivity index (χ4n) is 3.12. The zero-order chi connectivity index (χ0) is 18.4. The van der Waals surface area contributed by atoms with E-state index in [-0.39, 0.29) is 11.9 Å². The van der Waals surface area contributed by atoms with Gasteiger partial charge in [-0.05, 0) is 23.1 Å². The molecule has 0 spiro atoms. The fraction of sp³-hybridized carbons (Fsp3) is 0.217. The van der Waals surface area contributed by atoms with E-state index in [1.807, 2.05) is 6.07 Å². The van der Waals surface area contributed by atoms with Crippen molar-refractivity contribution >= 4 is 5.91 Å². The molecule has 1 atom stereocenters. The summed E-state index contributed by atoms with van der Waals surface area (Å²) in [5, 5.41) is 2.99. The molecular formula is C23H25N2O+. The van der Waals surface area contributed by atoms with Crippen LogP contribution >= 0.6 is 0 Å². The summed E-state index contributed by atoms with van der Waals surface area (Å²) < 4.78 is 2.18. The molecule has 0 aliphatic rings. The molecule has 1 unspecified atom stereocenters. The van der Waals surface area contributed by atoms with Crippen molar-refractivity contribution in [3.8, 4) is 11.1 Å². The molecule has 3 nitrogen and oxygen atoms in total. The first-order valence-electron chi connectivity index (χ1n) is 9.06. The van der Waals surface area contributed by atoms with Gasteiger partial charge in [-0.1, -0.05) is 61.5 Å². The lowest BCUT2D eigenvalue weighted by atomic mass is 10.00. The van der Waals surface area contributed by atoms with Gasteiger partial charge in [-0.3, -0.25) is 4.79 Å². The average Bonchev–Trinajstić information content (AvgIpc) is 2.68. The van der Waals surface area contributed by atoms with Crippen molar-refractivity contribution in [2.75, 3.05) is 0 Å². The van der Waals surface area contributed by atoms with Gasteiger partial charge < -0.3 is 5.32 Å². The monoisotopic (exact) mass is 345 g/mol. The molecule has 3 rings (SSSR count).